The van der Waals surface area contributed by atoms with Crippen LogP contribution in [-0.4, -0.2) is 38.4 Å². The molecule has 1 amide bonds. The van der Waals surface area contributed by atoms with E-state index < -0.39 is 0 Å². The number of thiazole rings is 1. The molecule has 2 heterocycles. The number of nitrogens with two attached hydrogens (primary N) is 1. The maximum atomic E-state index is 12.5. The van der Waals surface area contributed by atoms with Gasteiger partial charge in [-0.05, 0) is 12.8 Å². The minimum atomic E-state index is -0.128. The number of aryl methyl sites for hydroxylation is 1. The van der Waals surface area contributed by atoms with Crippen LogP contribution in [0.4, 0.5) is 10.9 Å². The van der Waals surface area contributed by atoms with Crippen molar-refractivity contribution >= 4 is 28.2 Å². The molecule has 0 aromatic carbocycles. The number of aromatic nitrogens is 3. The zero-order chi connectivity index (χ0) is 15.0. The molecule has 3 N–H and O–H groups in total. The first kappa shape index (κ1) is 13.9. The Hall–Kier alpha value is -2.09. The predicted molar refractivity (Wildman–Crippen MR) is 82.2 cm³/mol. The van der Waals surface area contributed by atoms with Crippen LogP contribution in [-0.2, 0) is 13.6 Å². The molecule has 2 aromatic heterocycles. The Morgan fingerprint density at radius 2 is 2.38 bits per heavy atom. The van der Waals surface area contributed by atoms with Gasteiger partial charge in [0.05, 0.1) is 6.54 Å². The Bertz CT molecular complexity index is 659. The number of rotatable bonds is 5. The van der Waals surface area contributed by atoms with Gasteiger partial charge >= 0.3 is 0 Å². The van der Waals surface area contributed by atoms with Crippen molar-refractivity contribution in [1.82, 2.24) is 19.4 Å². The highest BCUT2D eigenvalue weighted by Crippen LogP contribution is 2.31. The highest BCUT2D eigenvalue weighted by Gasteiger charge is 2.25. The van der Waals surface area contributed by atoms with E-state index in [1.165, 1.54) is 11.3 Å². The monoisotopic (exact) mass is 306 g/mol. The summed E-state index contributed by atoms with van der Waals surface area (Å²) in [7, 11) is 3.64. The van der Waals surface area contributed by atoms with Crippen molar-refractivity contribution in [2.24, 2.45) is 7.05 Å². The van der Waals surface area contributed by atoms with E-state index in [1.807, 2.05) is 17.8 Å². The highest BCUT2D eigenvalue weighted by atomic mass is 32.1. The molecule has 0 radical (unpaired) electrons. The van der Waals surface area contributed by atoms with Gasteiger partial charge in [0.1, 0.15) is 16.5 Å². The fraction of sp³-hybridized carbons (Fsp3) is 0.462. The molecule has 0 saturated heterocycles. The third-order valence-corrected chi connectivity index (χ3v) is 4.39. The highest BCUT2D eigenvalue weighted by molar-refractivity contribution is 7.18. The normalized spacial score (nSPS) is 14.2. The van der Waals surface area contributed by atoms with Crippen LogP contribution in [0.1, 0.15) is 28.3 Å². The Balaban J connectivity index is 1.71. The van der Waals surface area contributed by atoms with E-state index >= 15 is 0 Å². The third kappa shape index (κ3) is 2.99. The van der Waals surface area contributed by atoms with E-state index in [-0.39, 0.29) is 5.91 Å². The maximum Gasteiger partial charge on any atom is 0.268 e. The first-order valence-electron chi connectivity index (χ1n) is 6.79. The number of nitrogens with one attached hydrogen (secondary N) is 1. The molecule has 1 aliphatic rings. The average molecular weight is 306 g/mol. The number of nitrogens with zero attached hydrogens (tertiary/aromatic N) is 4. The lowest BCUT2D eigenvalue weighted by atomic mass is 10.4. The lowest BCUT2D eigenvalue weighted by Crippen LogP contribution is -2.27. The van der Waals surface area contributed by atoms with Gasteiger partial charge < -0.3 is 20.5 Å². The molecule has 1 fully saturated rings. The molecule has 0 bridgehead atoms. The molecule has 2 aromatic rings. The smallest absolute Gasteiger partial charge is 0.268 e. The minimum Gasteiger partial charge on any atom is -0.382 e. The number of anilines is 2. The van der Waals surface area contributed by atoms with Gasteiger partial charge in [-0.3, -0.25) is 4.79 Å². The van der Waals surface area contributed by atoms with E-state index in [9.17, 15) is 4.79 Å². The van der Waals surface area contributed by atoms with Crippen molar-refractivity contribution in [3.63, 3.8) is 0 Å². The Morgan fingerprint density at radius 1 is 1.62 bits per heavy atom. The quantitative estimate of drug-likeness (QED) is 0.869. The lowest BCUT2D eigenvalue weighted by molar-refractivity contribution is 0.0786. The van der Waals surface area contributed by atoms with Crippen molar-refractivity contribution in [3.8, 4) is 0 Å². The SMILES string of the molecule is CN(Cc1nccn1C)C(=O)c1sc(NC2CC2)nc1N. The van der Waals surface area contributed by atoms with Crippen LogP contribution < -0.4 is 11.1 Å². The van der Waals surface area contributed by atoms with Gasteiger partial charge in [-0.2, -0.15) is 0 Å². The predicted octanol–water partition coefficient (Wildman–Crippen LogP) is 1.31. The maximum absolute atomic E-state index is 12.5. The van der Waals surface area contributed by atoms with Crippen LogP contribution in [0.5, 0.6) is 0 Å². The zero-order valence-corrected chi connectivity index (χ0v) is 12.9. The number of hydrogen-bond donors (Lipinski definition) is 2. The second-order valence-electron chi connectivity index (χ2n) is 5.27. The number of carbonyl (C=O) groups is 1. The fourth-order valence-corrected chi connectivity index (χ4v) is 2.91. The Labute approximate surface area is 126 Å². The summed E-state index contributed by atoms with van der Waals surface area (Å²) in [6.07, 6.45) is 5.88. The van der Waals surface area contributed by atoms with Crippen molar-refractivity contribution in [2.45, 2.75) is 25.4 Å². The topological polar surface area (TPSA) is 89.1 Å². The standard InChI is InChI=1S/C13H18N6OS/c1-18-6-5-15-9(18)7-19(2)12(20)10-11(14)17-13(21-10)16-8-3-4-8/h5-6,8H,3-4,7,14H2,1-2H3,(H,16,17). The number of imidazole rings is 1. The third-order valence-electron chi connectivity index (χ3n) is 3.40. The van der Waals surface area contributed by atoms with E-state index in [0.717, 1.165) is 23.8 Å². The van der Waals surface area contributed by atoms with Gasteiger partial charge in [-0.15, -0.1) is 0 Å². The summed E-state index contributed by atoms with van der Waals surface area (Å²) < 4.78 is 1.89. The van der Waals surface area contributed by atoms with Crippen molar-refractivity contribution in [1.29, 1.82) is 0 Å². The Kier molecular flexibility index (Phi) is 3.54. The molecule has 0 atom stereocenters. The summed E-state index contributed by atoms with van der Waals surface area (Å²) in [6, 6.07) is 0.490. The van der Waals surface area contributed by atoms with E-state index in [4.69, 9.17) is 5.73 Å². The summed E-state index contributed by atoms with van der Waals surface area (Å²) in [5, 5.41) is 3.99. The summed E-state index contributed by atoms with van der Waals surface area (Å²) in [5.74, 6) is 0.988. The molecule has 3 rings (SSSR count). The molecule has 1 aliphatic carbocycles. The molecule has 0 aliphatic heterocycles. The summed E-state index contributed by atoms with van der Waals surface area (Å²) in [4.78, 5) is 23.0. The number of amides is 1. The second-order valence-corrected chi connectivity index (χ2v) is 6.27. The number of carbonyl (C=O) groups excluding carboxylic acids is 1. The average Bonchev–Trinajstić information content (AvgIpc) is 3.06. The number of hydrogen-bond acceptors (Lipinski definition) is 6. The van der Waals surface area contributed by atoms with Gasteiger partial charge in [0.2, 0.25) is 0 Å². The molecule has 112 valence electrons. The zero-order valence-electron chi connectivity index (χ0n) is 12.0. The van der Waals surface area contributed by atoms with Crippen LogP contribution in [0.15, 0.2) is 12.4 Å². The van der Waals surface area contributed by atoms with Crippen LogP contribution in [0, 0.1) is 0 Å². The Morgan fingerprint density at radius 3 is 3.00 bits per heavy atom. The van der Waals surface area contributed by atoms with Crippen molar-refractivity contribution in [2.75, 3.05) is 18.1 Å². The van der Waals surface area contributed by atoms with Crippen LogP contribution in [0.2, 0.25) is 0 Å². The van der Waals surface area contributed by atoms with Gasteiger partial charge in [-0.1, -0.05) is 11.3 Å². The van der Waals surface area contributed by atoms with Gasteiger partial charge in [-0.25, -0.2) is 9.97 Å². The van der Waals surface area contributed by atoms with Gasteiger partial charge in [0.25, 0.3) is 5.91 Å². The second kappa shape index (κ2) is 5.36. The van der Waals surface area contributed by atoms with Crippen molar-refractivity contribution < 1.29 is 4.79 Å². The molecular formula is C13H18N6OS. The lowest BCUT2D eigenvalue weighted by Gasteiger charge is -2.15. The molecule has 21 heavy (non-hydrogen) atoms. The largest absolute Gasteiger partial charge is 0.382 e. The molecule has 7 nitrogen and oxygen atoms in total. The van der Waals surface area contributed by atoms with Crippen LogP contribution >= 0.6 is 11.3 Å². The number of nitrogen functional groups attached to an aromatic ring is 1. The van der Waals surface area contributed by atoms with Crippen LogP contribution in [0.25, 0.3) is 0 Å². The van der Waals surface area contributed by atoms with Crippen LogP contribution in [0.3, 0.4) is 0 Å². The summed E-state index contributed by atoms with van der Waals surface area (Å²) in [6.45, 7) is 0.436. The van der Waals surface area contributed by atoms with Crippen molar-refractivity contribution in [3.05, 3.63) is 23.1 Å². The fourth-order valence-electron chi connectivity index (χ4n) is 1.96. The summed E-state index contributed by atoms with van der Waals surface area (Å²) >= 11 is 1.32. The minimum absolute atomic E-state index is 0.128. The molecular weight excluding hydrogens is 288 g/mol. The molecule has 8 heteroatoms. The van der Waals surface area contributed by atoms with E-state index in [2.05, 4.69) is 15.3 Å². The van der Waals surface area contributed by atoms with E-state index in [0.29, 0.717) is 23.3 Å². The summed E-state index contributed by atoms with van der Waals surface area (Å²) in [5.41, 5.74) is 5.87. The molecule has 1 saturated carbocycles. The first-order chi connectivity index (χ1) is 10.0. The van der Waals surface area contributed by atoms with Gasteiger partial charge in [0.15, 0.2) is 5.13 Å². The molecule has 0 unspecified atom stereocenters. The van der Waals surface area contributed by atoms with Gasteiger partial charge in [0, 0.05) is 32.5 Å². The molecule has 0 spiro atoms. The first-order valence-corrected chi connectivity index (χ1v) is 7.60. The van der Waals surface area contributed by atoms with E-state index in [1.54, 1.807) is 18.1 Å².